The number of benzene rings is 2. The van der Waals surface area contributed by atoms with Crippen LogP contribution in [0.3, 0.4) is 0 Å². The molecule has 0 aliphatic carbocycles. The first-order valence-corrected chi connectivity index (χ1v) is 11.7. The summed E-state index contributed by atoms with van der Waals surface area (Å²) in [4.78, 5) is 26.4. The van der Waals surface area contributed by atoms with Gasteiger partial charge in [0.25, 0.3) is 5.91 Å². The van der Waals surface area contributed by atoms with Gasteiger partial charge in [0.1, 0.15) is 6.04 Å². The number of carbonyl (C=O) groups is 2. The molecule has 2 aromatic carbocycles. The highest BCUT2D eigenvalue weighted by atomic mass is 32.1. The first kappa shape index (κ1) is 22.5. The molecular weight excluding hydrogens is 432 g/mol. The summed E-state index contributed by atoms with van der Waals surface area (Å²) in [6.45, 7) is 4.27. The minimum Gasteiger partial charge on any atom is -0.350 e. The molecule has 0 saturated carbocycles. The third-order valence-corrected chi connectivity index (χ3v) is 6.40. The summed E-state index contributed by atoms with van der Waals surface area (Å²) in [5.41, 5.74) is 4.75. The smallest absolute Gasteiger partial charge is 0.262 e. The number of aryl methyl sites for hydroxylation is 1. The van der Waals surface area contributed by atoms with Crippen molar-refractivity contribution < 1.29 is 9.59 Å². The Bertz CT molecular complexity index is 1220. The van der Waals surface area contributed by atoms with Crippen molar-refractivity contribution in [3.05, 3.63) is 106 Å². The summed E-state index contributed by atoms with van der Waals surface area (Å²) in [5.74, 6) is -0.472. The van der Waals surface area contributed by atoms with E-state index in [4.69, 9.17) is 0 Å². The SMILES string of the molecule is Cc1nn(-c2ccccc2)c(C)c1CNC(=O)C(Cc1ccccc1)NC(=O)c1cccs1. The standard InChI is InChI=1S/C26H26N4O2S/c1-18-22(19(2)30(29-18)21-12-7-4-8-13-21)17-27-25(31)23(16-20-10-5-3-6-11-20)28-26(32)24-14-9-15-33-24/h3-15,23H,16-17H2,1-2H3,(H,27,31)(H,28,32). The molecule has 0 bridgehead atoms. The predicted octanol–water partition coefficient (Wildman–Crippen LogP) is 4.21. The molecule has 4 aromatic rings. The van der Waals surface area contributed by atoms with Gasteiger partial charge in [0.2, 0.25) is 5.91 Å². The number of hydrogen-bond donors (Lipinski definition) is 2. The van der Waals surface area contributed by atoms with E-state index in [1.807, 2.05) is 90.6 Å². The lowest BCUT2D eigenvalue weighted by Gasteiger charge is -2.18. The van der Waals surface area contributed by atoms with Gasteiger partial charge in [-0.3, -0.25) is 9.59 Å². The minimum atomic E-state index is -0.688. The second kappa shape index (κ2) is 10.3. The van der Waals surface area contributed by atoms with Crippen molar-refractivity contribution in [1.29, 1.82) is 0 Å². The van der Waals surface area contributed by atoms with E-state index in [1.165, 1.54) is 11.3 Å². The molecule has 6 nitrogen and oxygen atoms in total. The molecular formula is C26H26N4O2S. The number of thiophene rings is 1. The number of nitrogens with one attached hydrogen (secondary N) is 2. The topological polar surface area (TPSA) is 76.0 Å². The van der Waals surface area contributed by atoms with Gasteiger partial charge in [-0.2, -0.15) is 5.10 Å². The van der Waals surface area contributed by atoms with Gasteiger partial charge in [-0.15, -0.1) is 11.3 Å². The quantitative estimate of drug-likeness (QED) is 0.415. The van der Waals surface area contributed by atoms with E-state index in [1.54, 1.807) is 6.07 Å². The average Bonchev–Trinajstić information content (AvgIpc) is 3.47. The fourth-order valence-electron chi connectivity index (χ4n) is 3.75. The van der Waals surface area contributed by atoms with Crippen molar-refractivity contribution in [2.24, 2.45) is 0 Å². The van der Waals surface area contributed by atoms with Crippen LogP contribution in [0, 0.1) is 13.8 Å². The van der Waals surface area contributed by atoms with Crippen molar-refractivity contribution in [2.75, 3.05) is 0 Å². The fourth-order valence-corrected chi connectivity index (χ4v) is 4.37. The van der Waals surface area contributed by atoms with Crippen LogP contribution in [0.15, 0.2) is 78.2 Å². The largest absolute Gasteiger partial charge is 0.350 e. The van der Waals surface area contributed by atoms with Crippen LogP contribution < -0.4 is 10.6 Å². The van der Waals surface area contributed by atoms with E-state index in [0.29, 0.717) is 17.8 Å². The van der Waals surface area contributed by atoms with Crippen molar-refractivity contribution in [3.63, 3.8) is 0 Å². The molecule has 2 N–H and O–H groups in total. The Labute approximate surface area is 197 Å². The highest BCUT2D eigenvalue weighted by molar-refractivity contribution is 7.12. The maximum atomic E-state index is 13.2. The molecule has 0 aliphatic rings. The van der Waals surface area contributed by atoms with Crippen LogP contribution in [0.2, 0.25) is 0 Å². The van der Waals surface area contributed by atoms with Gasteiger partial charge < -0.3 is 10.6 Å². The van der Waals surface area contributed by atoms with Gasteiger partial charge in [-0.05, 0) is 43.0 Å². The van der Waals surface area contributed by atoms with E-state index in [0.717, 1.165) is 28.2 Å². The summed E-state index contributed by atoms with van der Waals surface area (Å²) < 4.78 is 1.89. The summed E-state index contributed by atoms with van der Waals surface area (Å²) in [7, 11) is 0. The normalized spacial score (nSPS) is 11.7. The van der Waals surface area contributed by atoms with Gasteiger partial charge in [0.05, 0.1) is 16.3 Å². The molecule has 0 fully saturated rings. The van der Waals surface area contributed by atoms with Crippen LogP contribution in [0.1, 0.15) is 32.2 Å². The van der Waals surface area contributed by atoms with Crippen molar-refractivity contribution in [1.82, 2.24) is 20.4 Å². The molecule has 7 heteroatoms. The van der Waals surface area contributed by atoms with Crippen LogP contribution in [-0.4, -0.2) is 27.6 Å². The molecule has 168 valence electrons. The lowest BCUT2D eigenvalue weighted by atomic mass is 10.0. The molecule has 2 aromatic heterocycles. The lowest BCUT2D eigenvalue weighted by molar-refractivity contribution is -0.123. The summed E-state index contributed by atoms with van der Waals surface area (Å²) in [5, 5.41) is 12.4. The Balaban J connectivity index is 1.50. The Kier molecular flexibility index (Phi) is 7.00. The first-order chi connectivity index (χ1) is 16.0. The minimum absolute atomic E-state index is 0.227. The van der Waals surface area contributed by atoms with Crippen LogP contribution in [0.4, 0.5) is 0 Å². The number of aromatic nitrogens is 2. The number of rotatable bonds is 8. The molecule has 0 aliphatic heterocycles. The number of hydrogen-bond acceptors (Lipinski definition) is 4. The molecule has 0 spiro atoms. The lowest BCUT2D eigenvalue weighted by Crippen LogP contribution is -2.47. The monoisotopic (exact) mass is 458 g/mol. The molecule has 0 saturated heterocycles. The molecule has 0 radical (unpaired) electrons. The van der Waals surface area contributed by atoms with Gasteiger partial charge in [-0.25, -0.2) is 4.68 Å². The molecule has 33 heavy (non-hydrogen) atoms. The zero-order valence-corrected chi connectivity index (χ0v) is 19.4. The highest BCUT2D eigenvalue weighted by Crippen LogP contribution is 2.18. The van der Waals surface area contributed by atoms with Crippen molar-refractivity contribution in [3.8, 4) is 5.69 Å². The van der Waals surface area contributed by atoms with E-state index in [-0.39, 0.29) is 11.8 Å². The third-order valence-electron chi connectivity index (χ3n) is 5.53. The third kappa shape index (κ3) is 5.38. The maximum Gasteiger partial charge on any atom is 0.262 e. The first-order valence-electron chi connectivity index (χ1n) is 10.8. The van der Waals surface area contributed by atoms with Crippen LogP contribution in [0.25, 0.3) is 5.69 Å². The molecule has 2 heterocycles. The summed E-state index contributed by atoms with van der Waals surface area (Å²) in [6.07, 6.45) is 0.408. The molecule has 1 unspecified atom stereocenters. The average molecular weight is 459 g/mol. The van der Waals surface area contributed by atoms with Crippen LogP contribution in [0.5, 0.6) is 0 Å². The van der Waals surface area contributed by atoms with E-state index >= 15 is 0 Å². The zero-order chi connectivity index (χ0) is 23.2. The van der Waals surface area contributed by atoms with Gasteiger partial charge >= 0.3 is 0 Å². The number of para-hydroxylation sites is 1. The van der Waals surface area contributed by atoms with Crippen molar-refractivity contribution in [2.45, 2.75) is 32.9 Å². The zero-order valence-electron chi connectivity index (χ0n) is 18.6. The number of amides is 2. The van der Waals surface area contributed by atoms with Crippen LogP contribution >= 0.6 is 11.3 Å². The summed E-state index contributed by atoms with van der Waals surface area (Å²) >= 11 is 1.35. The van der Waals surface area contributed by atoms with E-state index in [9.17, 15) is 9.59 Å². The number of carbonyl (C=O) groups excluding carboxylic acids is 2. The highest BCUT2D eigenvalue weighted by Gasteiger charge is 2.23. The van der Waals surface area contributed by atoms with Crippen LogP contribution in [-0.2, 0) is 17.8 Å². The second-order valence-electron chi connectivity index (χ2n) is 7.81. The van der Waals surface area contributed by atoms with Gasteiger partial charge in [0, 0.05) is 24.2 Å². The molecule has 4 rings (SSSR count). The number of nitrogens with zero attached hydrogens (tertiary/aromatic N) is 2. The Morgan fingerprint density at radius 3 is 2.33 bits per heavy atom. The maximum absolute atomic E-state index is 13.2. The van der Waals surface area contributed by atoms with Gasteiger partial charge in [-0.1, -0.05) is 54.6 Å². The Morgan fingerprint density at radius 2 is 1.67 bits per heavy atom. The van der Waals surface area contributed by atoms with E-state index in [2.05, 4.69) is 15.7 Å². The molecule has 1 atom stereocenters. The molecule has 2 amide bonds. The van der Waals surface area contributed by atoms with Gasteiger partial charge in [0.15, 0.2) is 0 Å². The van der Waals surface area contributed by atoms with Crippen molar-refractivity contribution >= 4 is 23.2 Å². The fraction of sp³-hybridized carbons (Fsp3) is 0.192. The Morgan fingerprint density at radius 1 is 0.970 bits per heavy atom. The second-order valence-corrected chi connectivity index (χ2v) is 8.76. The predicted molar refractivity (Wildman–Crippen MR) is 131 cm³/mol. The van der Waals surface area contributed by atoms with E-state index < -0.39 is 6.04 Å². The Hall–Kier alpha value is -3.71. The summed E-state index contributed by atoms with van der Waals surface area (Å²) in [6, 6.07) is 22.5.